The van der Waals surface area contributed by atoms with Gasteiger partial charge in [0.15, 0.2) is 0 Å². The zero-order valence-electron chi connectivity index (χ0n) is 12.4. The molecule has 1 saturated heterocycles. The summed E-state index contributed by atoms with van der Waals surface area (Å²) in [4.78, 5) is 2.56. The molecular formula is C16H25BrN2O. The summed E-state index contributed by atoms with van der Waals surface area (Å²) in [7, 11) is 1.72. The van der Waals surface area contributed by atoms with E-state index in [2.05, 4.69) is 39.9 Å². The van der Waals surface area contributed by atoms with Crippen LogP contribution in [0.5, 0.6) is 5.75 Å². The fourth-order valence-corrected chi connectivity index (χ4v) is 3.73. The SMILES string of the molecule is CCN1CCCCC(CN)C1c1cc(OC)ccc1Br. The molecule has 1 aliphatic heterocycles. The second-order valence-electron chi connectivity index (χ2n) is 5.45. The minimum atomic E-state index is 0.386. The number of hydrogen-bond acceptors (Lipinski definition) is 3. The van der Waals surface area contributed by atoms with Gasteiger partial charge in [0.2, 0.25) is 0 Å². The van der Waals surface area contributed by atoms with Gasteiger partial charge < -0.3 is 10.5 Å². The maximum Gasteiger partial charge on any atom is 0.119 e. The number of likely N-dealkylation sites (tertiary alicyclic amines) is 1. The number of ether oxygens (including phenoxy) is 1. The first-order valence-electron chi connectivity index (χ1n) is 7.48. The van der Waals surface area contributed by atoms with Crippen molar-refractivity contribution >= 4 is 15.9 Å². The highest BCUT2D eigenvalue weighted by Gasteiger charge is 2.30. The van der Waals surface area contributed by atoms with E-state index in [1.807, 2.05) is 6.07 Å². The number of benzene rings is 1. The molecule has 0 aliphatic carbocycles. The summed E-state index contributed by atoms with van der Waals surface area (Å²) in [5.41, 5.74) is 7.37. The molecule has 2 atom stereocenters. The van der Waals surface area contributed by atoms with Crippen molar-refractivity contribution in [2.75, 3.05) is 26.7 Å². The van der Waals surface area contributed by atoms with Gasteiger partial charge in [0.25, 0.3) is 0 Å². The second-order valence-corrected chi connectivity index (χ2v) is 6.31. The lowest BCUT2D eigenvalue weighted by atomic mass is 9.89. The zero-order chi connectivity index (χ0) is 14.5. The Balaban J connectivity index is 2.42. The third-order valence-corrected chi connectivity index (χ3v) is 5.06. The molecule has 0 spiro atoms. The average molecular weight is 341 g/mol. The van der Waals surface area contributed by atoms with Crippen molar-refractivity contribution in [3.8, 4) is 5.75 Å². The molecule has 0 aromatic heterocycles. The summed E-state index contributed by atoms with van der Waals surface area (Å²) in [6, 6.07) is 6.63. The summed E-state index contributed by atoms with van der Waals surface area (Å²) in [6.07, 6.45) is 3.75. The number of hydrogen-bond donors (Lipinski definition) is 1. The number of nitrogens with two attached hydrogens (primary N) is 1. The molecule has 0 amide bonds. The van der Waals surface area contributed by atoms with Gasteiger partial charge >= 0.3 is 0 Å². The molecule has 1 heterocycles. The Morgan fingerprint density at radius 3 is 2.85 bits per heavy atom. The quantitative estimate of drug-likeness (QED) is 0.910. The fourth-order valence-electron chi connectivity index (χ4n) is 3.24. The van der Waals surface area contributed by atoms with Crippen molar-refractivity contribution in [1.82, 2.24) is 4.90 Å². The van der Waals surface area contributed by atoms with E-state index in [4.69, 9.17) is 10.5 Å². The molecule has 1 aliphatic rings. The van der Waals surface area contributed by atoms with Gasteiger partial charge in [0.05, 0.1) is 7.11 Å². The first kappa shape index (κ1) is 15.8. The second kappa shape index (κ2) is 7.43. The lowest BCUT2D eigenvalue weighted by Gasteiger charge is -2.35. The number of methoxy groups -OCH3 is 1. The van der Waals surface area contributed by atoms with Crippen LogP contribution in [0.15, 0.2) is 22.7 Å². The molecule has 0 bridgehead atoms. The van der Waals surface area contributed by atoms with Crippen LogP contribution >= 0.6 is 15.9 Å². The average Bonchev–Trinajstić information content (AvgIpc) is 2.69. The summed E-state index contributed by atoms with van der Waals surface area (Å²) < 4.78 is 6.55. The highest BCUT2D eigenvalue weighted by Crippen LogP contribution is 2.39. The Bertz CT molecular complexity index is 424. The Hall–Kier alpha value is -0.580. The van der Waals surface area contributed by atoms with E-state index in [1.165, 1.54) is 24.8 Å². The third kappa shape index (κ3) is 3.35. The van der Waals surface area contributed by atoms with Crippen molar-refractivity contribution in [1.29, 1.82) is 0 Å². The van der Waals surface area contributed by atoms with Crippen LogP contribution in [0, 0.1) is 5.92 Å². The highest BCUT2D eigenvalue weighted by atomic mass is 79.9. The first-order chi connectivity index (χ1) is 9.71. The molecule has 3 nitrogen and oxygen atoms in total. The van der Waals surface area contributed by atoms with E-state index in [0.717, 1.165) is 29.9 Å². The Kier molecular flexibility index (Phi) is 5.87. The van der Waals surface area contributed by atoms with Crippen LogP contribution in [0.3, 0.4) is 0 Å². The van der Waals surface area contributed by atoms with Crippen LogP contribution in [0.4, 0.5) is 0 Å². The topological polar surface area (TPSA) is 38.5 Å². The van der Waals surface area contributed by atoms with Crippen LogP contribution in [0.1, 0.15) is 37.8 Å². The lowest BCUT2D eigenvalue weighted by molar-refractivity contribution is 0.165. The normalized spacial score (nSPS) is 24.4. The molecule has 20 heavy (non-hydrogen) atoms. The predicted octanol–water partition coefficient (Wildman–Crippen LogP) is 3.58. The Morgan fingerprint density at radius 1 is 1.40 bits per heavy atom. The van der Waals surface area contributed by atoms with Gasteiger partial charge in [-0.15, -0.1) is 0 Å². The molecular weight excluding hydrogens is 316 g/mol. The Labute approximate surface area is 130 Å². The maximum atomic E-state index is 6.06. The standard InChI is InChI=1S/C16H25BrN2O/c1-3-19-9-5-4-6-12(11-18)16(19)14-10-13(20-2)7-8-15(14)17/h7-8,10,12,16H,3-6,9,11,18H2,1-2H3. The van der Waals surface area contributed by atoms with Crippen molar-refractivity contribution < 1.29 is 4.74 Å². The van der Waals surface area contributed by atoms with E-state index < -0.39 is 0 Å². The van der Waals surface area contributed by atoms with Gasteiger partial charge in [-0.25, -0.2) is 0 Å². The fraction of sp³-hybridized carbons (Fsp3) is 0.625. The van der Waals surface area contributed by atoms with Crippen LogP contribution in [0.25, 0.3) is 0 Å². The van der Waals surface area contributed by atoms with Crippen LogP contribution in [0.2, 0.25) is 0 Å². The monoisotopic (exact) mass is 340 g/mol. The summed E-state index contributed by atoms with van der Waals surface area (Å²) in [5, 5.41) is 0. The minimum absolute atomic E-state index is 0.386. The number of halogens is 1. The largest absolute Gasteiger partial charge is 0.497 e. The van der Waals surface area contributed by atoms with Crippen molar-refractivity contribution in [2.24, 2.45) is 11.7 Å². The summed E-state index contributed by atoms with van der Waals surface area (Å²) in [6.45, 7) is 5.19. The van der Waals surface area contributed by atoms with E-state index >= 15 is 0 Å². The van der Waals surface area contributed by atoms with Crippen molar-refractivity contribution in [2.45, 2.75) is 32.2 Å². The minimum Gasteiger partial charge on any atom is -0.497 e. The van der Waals surface area contributed by atoms with Gasteiger partial charge in [-0.2, -0.15) is 0 Å². The van der Waals surface area contributed by atoms with Crippen molar-refractivity contribution in [3.63, 3.8) is 0 Å². The van der Waals surface area contributed by atoms with Crippen LogP contribution in [-0.2, 0) is 0 Å². The molecule has 2 rings (SSSR count). The van der Waals surface area contributed by atoms with Gasteiger partial charge in [0.1, 0.15) is 5.75 Å². The molecule has 4 heteroatoms. The number of nitrogens with zero attached hydrogens (tertiary/aromatic N) is 1. The molecule has 1 aromatic rings. The van der Waals surface area contributed by atoms with Crippen LogP contribution < -0.4 is 10.5 Å². The predicted molar refractivity (Wildman–Crippen MR) is 87.1 cm³/mol. The molecule has 2 unspecified atom stereocenters. The zero-order valence-corrected chi connectivity index (χ0v) is 14.0. The van der Waals surface area contributed by atoms with Crippen molar-refractivity contribution in [3.05, 3.63) is 28.2 Å². The maximum absolute atomic E-state index is 6.06. The van der Waals surface area contributed by atoms with Gasteiger partial charge in [-0.3, -0.25) is 4.90 Å². The lowest BCUT2D eigenvalue weighted by Crippen LogP contribution is -2.35. The summed E-state index contributed by atoms with van der Waals surface area (Å²) in [5.74, 6) is 1.43. The smallest absolute Gasteiger partial charge is 0.119 e. The van der Waals surface area contributed by atoms with E-state index in [-0.39, 0.29) is 0 Å². The molecule has 1 fully saturated rings. The highest BCUT2D eigenvalue weighted by molar-refractivity contribution is 9.10. The third-order valence-electron chi connectivity index (χ3n) is 4.34. The molecule has 0 radical (unpaired) electrons. The van der Waals surface area contributed by atoms with Crippen LogP contribution in [-0.4, -0.2) is 31.6 Å². The summed E-state index contributed by atoms with van der Waals surface area (Å²) >= 11 is 3.71. The molecule has 0 saturated carbocycles. The molecule has 112 valence electrons. The number of rotatable bonds is 4. The van der Waals surface area contributed by atoms with E-state index in [0.29, 0.717) is 12.0 Å². The van der Waals surface area contributed by atoms with Gasteiger partial charge in [-0.1, -0.05) is 29.3 Å². The molecule has 1 aromatic carbocycles. The Morgan fingerprint density at radius 2 is 2.20 bits per heavy atom. The van der Waals surface area contributed by atoms with E-state index in [9.17, 15) is 0 Å². The molecule has 2 N–H and O–H groups in total. The van der Waals surface area contributed by atoms with E-state index in [1.54, 1.807) is 7.11 Å². The first-order valence-corrected chi connectivity index (χ1v) is 8.28. The van der Waals surface area contributed by atoms with Gasteiger partial charge in [0, 0.05) is 10.5 Å². The van der Waals surface area contributed by atoms with Gasteiger partial charge in [-0.05, 0) is 62.2 Å².